The van der Waals surface area contributed by atoms with Gasteiger partial charge in [-0.1, -0.05) is 45.4 Å². The van der Waals surface area contributed by atoms with Gasteiger partial charge in [-0.25, -0.2) is 4.79 Å². The van der Waals surface area contributed by atoms with Crippen LogP contribution >= 0.6 is 0 Å². The molecule has 4 nitrogen and oxygen atoms in total. The van der Waals surface area contributed by atoms with Gasteiger partial charge in [0.2, 0.25) is 0 Å². The molecule has 1 fully saturated rings. The normalized spacial score (nSPS) is 16.8. The second-order valence-electron chi connectivity index (χ2n) is 8.20. The molecule has 1 saturated heterocycles. The van der Waals surface area contributed by atoms with E-state index < -0.39 is 47.0 Å². The fourth-order valence-electron chi connectivity index (χ4n) is 3.88. The molecule has 1 amide bonds. The molecule has 1 aromatic rings. The largest absolute Gasteiger partial charge is 0.464 e. The number of nitrogens with zero attached hydrogens (tertiary/aromatic N) is 1. The second-order valence-corrected chi connectivity index (χ2v) is 8.20. The SMILES string of the molecule is CCCCCCCCCOC(=O)C1CCCN1C(=O)c1cc(C(F)(F)F)ccc1C(F)(F)F. The maximum Gasteiger partial charge on any atom is 0.417 e. The minimum absolute atomic E-state index is 0.0381. The summed E-state index contributed by atoms with van der Waals surface area (Å²) in [6, 6.07) is -0.375. The highest BCUT2D eigenvalue weighted by atomic mass is 19.4. The molecule has 1 aromatic carbocycles. The Balaban J connectivity index is 2.06. The molecule has 0 saturated carbocycles. The van der Waals surface area contributed by atoms with Crippen molar-refractivity contribution in [1.82, 2.24) is 4.90 Å². The number of ether oxygens (including phenoxy) is 1. The van der Waals surface area contributed by atoms with Gasteiger partial charge in [-0.05, 0) is 37.5 Å². The van der Waals surface area contributed by atoms with E-state index in [9.17, 15) is 35.9 Å². The van der Waals surface area contributed by atoms with E-state index in [1.807, 2.05) is 0 Å². The topological polar surface area (TPSA) is 46.6 Å². The molecule has 10 heteroatoms. The van der Waals surface area contributed by atoms with Gasteiger partial charge in [-0.15, -0.1) is 0 Å². The number of unbranched alkanes of at least 4 members (excludes halogenated alkanes) is 6. The van der Waals surface area contributed by atoms with E-state index in [4.69, 9.17) is 4.74 Å². The molecule has 1 heterocycles. The molecular weight excluding hydrogens is 452 g/mol. The molecule has 0 radical (unpaired) electrons. The minimum atomic E-state index is -5.03. The van der Waals surface area contributed by atoms with Gasteiger partial charge >= 0.3 is 18.3 Å². The Labute approximate surface area is 189 Å². The van der Waals surface area contributed by atoms with Crippen LogP contribution in [0.3, 0.4) is 0 Å². The van der Waals surface area contributed by atoms with E-state index >= 15 is 0 Å². The highest BCUT2D eigenvalue weighted by molar-refractivity contribution is 5.98. The number of likely N-dealkylation sites (tertiary alicyclic amines) is 1. The maximum atomic E-state index is 13.4. The van der Waals surface area contributed by atoms with Crippen LogP contribution in [0.25, 0.3) is 0 Å². The number of alkyl halides is 6. The third-order valence-corrected chi connectivity index (χ3v) is 5.66. The summed E-state index contributed by atoms with van der Waals surface area (Å²) in [5.41, 5.74) is -3.96. The summed E-state index contributed by atoms with van der Waals surface area (Å²) >= 11 is 0. The van der Waals surface area contributed by atoms with Crippen LogP contribution < -0.4 is 0 Å². The molecule has 33 heavy (non-hydrogen) atoms. The zero-order valence-electron chi connectivity index (χ0n) is 18.5. The van der Waals surface area contributed by atoms with Crippen molar-refractivity contribution in [3.8, 4) is 0 Å². The standard InChI is InChI=1S/C23H29F6NO3/c1-2-3-4-5-6-7-8-14-33-21(32)19-10-9-13-30(19)20(31)17-15-16(22(24,25)26)11-12-18(17)23(27,28)29/h11-12,15,19H,2-10,13-14H2,1H3. The van der Waals surface area contributed by atoms with E-state index in [1.54, 1.807) is 0 Å². The molecule has 0 aromatic heterocycles. The van der Waals surface area contributed by atoms with Crippen LogP contribution in [-0.4, -0.2) is 36.0 Å². The zero-order valence-corrected chi connectivity index (χ0v) is 18.5. The van der Waals surface area contributed by atoms with E-state index in [0.717, 1.165) is 37.0 Å². The van der Waals surface area contributed by atoms with Crippen LogP contribution in [0.2, 0.25) is 0 Å². The second kappa shape index (κ2) is 11.7. The van der Waals surface area contributed by atoms with Crippen molar-refractivity contribution in [1.29, 1.82) is 0 Å². The predicted molar refractivity (Wildman–Crippen MR) is 109 cm³/mol. The average Bonchev–Trinajstić information content (AvgIpc) is 3.23. The van der Waals surface area contributed by atoms with Crippen LogP contribution in [0.5, 0.6) is 0 Å². The zero-order chi connectivity index (χ0) is 24.6. The van der Waals surface area contributed by atoms with Gasteiger partial charge in [0.05, 0.1) is 23.3 Å². The summed E-state index contributed by atoms with van der Waals surface area (Å²) in [6.07, 6.45) is -2.39. The quantitative estimate of drug-likeness (QED) is 0.214. The van der Waals surface area contributed by atoms with E-state index in [-0.39, 0.29) is 37.8 Å². The van der Waals surface area contributed by atoms with Crippen LogP contribution in [-0.2, 0) is 21.9 Å². The first-order valence-electron chi connectivity index (χ1n) is 11.2. The molecule has 1 atom stereocenters. The van der Waals surface area contributed by atoms with Gasteiger partial charge in [0.1, 0.15) is 6.04 Å². The lowest BCUT2D eigenvalue weighted by Crippen LogP contribution is -2.42. The van der Waals surface area contributed by atoms with E-state index in [1.165, 1.54) is 6.42 Å². The van der Waals surface area contributed by atoms with Gasteiger partial charge in [-0.2, -0.15) is 26.3 Å². The van der Waals surface area contributed by atoms with Gasteiger partial charge < -0.3 is 9.64 Å². The smallest absolute Gasteiger partial charge is 0.417 e. The van der Waals surface area contributed by atoms with Gasteiger partial charge in [0.15, 0.2) is 0 Å². The van der Waals surface area contributed by atoms with Crippen molar-refractivity contribution in [3.05, 3.63) is 34.9 Å². The Kier molecular flexibility index (Phi) is 9.60. The summed E-state index contributed by atoms with van der Waals surface area (Å²) in [5, 5.41) is 0. The number of hydrogen-bond acceptors (Lipinski definition) is 3. The number of carbonyl (C=O) groups is 2. The first kappa shape index (κ1) is 27.0. The molecule has 1 aliphatic rings. The highest BCUT2D eigenvalue weighted by Gasteiger charge is 2.42. The lowest BCUT2D eigenvalue weighted by molar-refractivity contribution is -0.148. The summed E-state index contributed by atoms with van der Waals surface area (Å²) < 4.78 is 84.5. The molecule has 0 aliphatic carbocycles. The van der Waals surface area contributed by atoms with E-state index in [0.29, 0.717) is 12.8 Å². The van der Waals surface area contributed by atoms with Crippen molar-refractivity contribution < 1.29 is 40.7 Å². The lowest BCUT2D eigenvalue weighted by Gasteiger charge is -2.25. The molecule has 0 spiro atoms. The van der Waals surface area contributed by atoms with Gasteiger partial charge in [0, 0.05) is 6.54 Å². The fourth-order valence-corrected chi connectivity index (χ4v) is 3.88. The Morgan fingerprint density at radius 2 is 1.61 bits per heavy atom. The van der Waals surface area contributed by atoms with Gasteiger partial charge in [-0.3, -0.25) is 4.79 Å². The number of benzene rings is 1. The Hall–Kier alpha value is -2.26. The number of carbonyl (C=O) groups excluding carboxylic acids is 2. The monoisotopic (exact) mass is 481 g/mol. The fraction of sp³-hybridized carbons (Fsp3) is 0.652. The Morgan fingerprint density at radius 3 is 2.21 bits per heavy atom. The molecule has 1 aliphatic heterocycles. The molecule has 186 valence electrons. The van der Waals surface area contributed by atoms with Crippen molar-refractivity contribution in [2.45, 2.75) is 83.1 Å². The van der Waals surface area contributed by atoms with Crippen LogP contribution in [0.4, 0.5) is 26.3 Å². The first-order chi connectivity index (χ1) is 15.5. The molecule has 0 N–H and O–H groups in total. The van der Waals surface area contributed by atoms with Crippen LogP contribution in [0, 0.1) is 0 Å². The van der Waals surface area contributed by atoms with Crippen molar-refractivity contribution in [2.75, 3.05) is 13.2 Å². The van der Waals surface area contributed by atoms with Crippen molar-refractivity contribution in [3.63, 3.8) is 0 Å². The summed E-state index contributed by atoms with van der Waals surface area (Å²) in [6.45, 7) is 2.21. The van der Waals surface area contributed by atoms with E-state index in [2.05, 4.69) is 6.92 Å². The maximum absolute atomic E-state index is 13.4. The Morgan fingerprint density at radius 1 is 0.970 bits per heavy atom. The molecule has 1 unspecified atom stereocenters. The summed E-state index contributed by atoms with van der Waals surface area (Å²) in [5.74, 6) is -2.00. The number of amides is 1. The van der Waals surface area contributed by atoms with Crippen molar-refractivity contribution in [2.24, 2.45) is 0 Å². The van der Waals surface area contributed by atoms with Crippen LogP contribution in [0.1, 0.15) is 86.2 Å². The minimum Gasteiger partial charge on any atom is -0.464 e. The average molecular weight is 481 g/mol. The predicted octanol–water partition coefficient (Wildman–Crippen LogP) is 6.62. The highest BCUT2D eigenvalue weighted by Crippen LogP contribution is 2.37. The number of hydrogen-bond donors (Lipinski definition) is 0. The summed E-state index contributed by atoms with van der Waals surface area (Å²) in [7, 11) is 0. The summed E-state index contributed by atoms with van der Waals surface area (Å²) in [4.78, 5) is 26.2. The van der Waals surface area contributed by atoms with Crippen LogP contribution in [0.15, 0.2) is 18.2 Å². The van der Waals surface area contributed by atoms with Crippen molar-refractivity contribution >= 4 is 11.9 Å². The van der Waals surface area contributed by atoms with Gasteiger partial charge in [0.25, 0.3) is 5.91 Å². The molecular formula is C23H29F6NO3. The third-order valence-electron chi connectivity index (χ3n) is 5.66. The first-order valence-corrected chi connectivity index (χ1v) is 11.2. The number of rotatable bonds is 10. The third kappa shape index (κ3) is 7.64. The number of halogens is 6. The molecule has 0 bridgehead atoms. The molecule has 2 rings (SSSR count). The lowest BCUT2D eigenvalue weighted by atomic mass is 10.0. The number of esters is 1. The Bertz CT molecular complexity index is 806.